The average Bonchev–Trinajstić information content (AvgIpc) is 4.29. The highest BCUT2D eigenvalue weighted by atomic mass is 16.6. The van der Waals surface area contributed by atoms with E-state index in [9.17, 15) is 48.9 Å². The molecule has 0 aromatic heterocycles. The lowest BCUT2D eigenvalue weighted by Gasteiger charge is -2.45. The maximum absolute atomic E-state index is 14.2. The van der Waals surface area contributed by atoms with Crippen LogP contribution < -0.4 is 5.32 Å². The third kappa shape index (κ3) is 19.9. The molecule has 4 N–H and O–H groups in total. The van der Waals surface area contributed by atoms with Crippen LogP contribution in [0.3, 0.4) is 0 Å². The molecule has 2 saturated heterocycles. The van der Waals surface area contributed by atoms with Crippen molar-refractivity contribution in [3.8, 4) is 0 Å². The lowest BCUT2D eigenvalue weighted by atomic mass is 9.88. The molecule has 0 saturated carbocycles. The molecule has 5 rings (SSSR count). The number of rotatable bonds is 28. The van der Waals surface area contributed by atoms with Crippen molar-refractivity contribution in [2.75, 3.05) is 46.4 Å². The number of aliphatic hydroxyl groups excluding tert-OH is 2. The number of epoxide rings is 1. The summed E-state index contributed by atoms with van der Waals surface area (Å²) in [5.41, 5.74) is 0.367. The van der Waals surface area contributed by atoms with E-state index in [1.54, 1.807) is 50.2 Å². The summed E-state index contributed by atoms with van der Waals surface area (Å²) in [4.78, 5) is 93.7. The van der Waals surface area contributed by atoms with Crippen LogP contribution in [0, 0.1) is 23.7 Å². The van der Waals surface area contributed by atoms with Crippen molar-refractivity contribution in [2.24, 2.45) is 23.7 Å². The molecule has 0 radical (unpaired) electrons. The number of aliphatic hydroxyl groups is 3. The van der Waals surface area contributed by atoms with Crippen LogP contribution in [0.2, 0.25) is 0 Å². The summed E-state index contributed by atoms with van der Waals surface area (Å²) in [5, 5.41) is 35.4. The van der Waals surface area contributed by atoms with Gasteiger partial charge >= 0.3 is 12.1 Å². The lowest BCUT2D eigenvalue weighted by molar-refractivity contribution is -0.944. The molecule has 4 amide bonds. The number of carbonyl (C=O) groups is 7. The molecule has 12 atom stereocenters. The number of amides is 4. The van der Waals surface area contributed by atoms with Gasteiger partial charge in [-0.1, -0.05) is 96.5 Å². The predicted molar refractivity (Wildman–Crippen MR) is 311 cm³/mol. The first-order valence-electron chi connectivity index (χ1n) is 30.0. The van der Waals surface area contributed by atoms with Crippen LogP contribution in [-0.2, 0) is 60.7 Å². The van der Waals surface area contributed by atoms with E-state index in [2.05, 4.69) is 12.2 Å². The zero-order valence-corrected chi connectivity index (χ0v) is 50.8. The molecule has 82 heavy (non-hydrogen) atoms. The van der Waals surface area contributed by atoms with Crippen LogP contribution in [0.5, 0.6) is 0 Å². The number of carbonyl (C=O) groups excluding carboxylic acids is 7. The van der Waals surface area contributed by atoms with Crippen LogP contribution in [-0.4, -0.2) is 171 Å². The highest BCUT2D eigenvalue weighted by Crippen LogP contribution is 2.38. The van der Waals surface area contributed by atoms with Gasteiger partial charge in [0.1, 0.15) is 24.0 Å². The van der Waals surface area contributed by atoms with Gasteiger partial charge in [0.05, 0.1) is 75.2 Å². The SMILES string of the molecule is CCC[N+]1(Cc2ccc(CC(=O)[C@H](C)NC(=O)[C@@H](CC(=O)CCCCCN3C(=O)C=CC3=O)C(C)C)cc2)CCN(C(=O)O[C@H]2/C=C/[C@H](C)[C@@H](/C(C)=C/C=C/[C@](C)(O)C[C@H]3O[C@@H]3[C@H](C)[C@@H](O)CC)OC(=O)C[C@H](O)CC[C@@]2(C)OC)CC1. The topological polar surface area (TPSA) is 239 Å². The Morgan fingerprint density at radius 3 is 2.26 bits per heavy atom. The summed E-state index contributed by atoms with van der Waals surface area (Å²) in [6.45, 7) is 23.0. The normalized spacial score (nSPS) is 27.0. The number of nitrogens with zero attached hydrogens (tertiary/aromatic N) is 3. The molecule has 18 heteroatoms. The number of esters is 1. The number of quaternary nitrogens is 1. The van der Waals surface area contributed by atoms with E-state index in [1.165, 1.54) is 17.1 Å². The standard InChI is InChI=1S/C64H96N4O14/c1-12-34-68(41-48-23-21-47(22-24-48)37-53(72)46(8)65-61(76)51(42(3)4)38-49(69)19-15-14-16-31-67-56(73)26-27-57(67)74)35-32-66(33-36-68)62(77)81-55-25-20-44(6)59(82-58(75)39-50(70)28-30-64(55,10)79-11)43(5)18-17-29-63(9,78)40-54-60(80-54)45(7)52(71)13-2/h17-18,20-27,29,42,44-46,50-52,54-55,59-60,70-71,78H,12-16,19,28,30-41H2,1-11H3/p+1/b25-20+,29-17+,43-18+/t44-,45+,46-,50+,51-,52-,54+,55-,59+,60+,63-,64+/m0/s1. The number of unbranched alkanes of at least 4 members (excludes halogenated alkanes) is 2. The minimum Gasteiger partial charge on any atom is -0.457 e. The van der Waals surface area contributed by atoms with Gasteiger partial charge in [-0.3, -0.25) is 38.6 Å². The molecular formula is C64H97N4O14+. The first-order chi connectivity index (χ1) is 38.7. The Morgan fingerprint density at radius 1 is 0.976 bits per heavy atom. The molecule has 0 aliphatic carbocycles. The molecule has 1 aromatic rings. The van der Waals surface area contributed by atoms with E-state index in [1.807, 2.05) is 78.8 Å². The number of methoxy groups -OCH3 is 1. The fourth-order valence-electron chi connectivity index (χ4n) is 11.5. The van der Waals surface area contributed by atoms with Gasteiger partial charge in [0, 0.05) is 74.8 Å². The number of nitrogens with one attached hydrogen (secondary N) is 1. The Kier molecular flexibility index (Phi) is 25.5. The fraction of sp³-hybridized carbons (Fsp3) is 0.672. The summed E-state index contributed by atoms with van der Waals surface area (Å²) in [6, 6.07) is 7.22. The van der Waals surface area contributed by atoms with Crippen molar-refractivity contribution < 1.29 is 72.3 Å². The van der Waals surface area contributed by atoms with Gasteiger partial charge in [-0.05, 0) is 89.4 Å². The summed E-state index contributed by atoms with van der Waals surface area (Å²) < 4.78 is 25.0. The van der Waals surface area contributed by atoms with Crippen LogP contribution >= 0.6 is 0 Å². The Bertz CT molecular complexity index is 2440. The van der Waals surface area contributed by atoms with E-state index >= 15 is 0 Å². The Hall–Kier alpha value is -5.37. The first-order valence-corrected chi connectivity index (χ1v) is 30.0. The highest BCUT2D eigenvalue weighted by molar-refractivity contribution is 6.12. The number of allylic oxidation sites excluding steroid dienone is 2. The lowest BCUT2D eigenvalue weighted by Crippen LogP contribution is -2.60. The summed E-state index contributed by atoms with van der Waals surface area (Å²) >= 11 is 0. The Morgan fingerprint density at radius 2 is 1.63 bits per heavy atom. The second-order valence-corrected chi connectivity index (χ2v) is 24.6. The number of cyclic esters (lactones) is 1. The number of piperazine rings is 1. The van der Waals surface area contributed by atoms with Crippen molar-refractivity contribution in [3.63, 3.8) is 0 Å². The first kappa shape index (κ1) is 67.4. The van der Waals surface area contributed by atoms with Crippen molar-refractivity contribution in [1.82, 2.24) is 15.1 Å². The molecular weight excluding hydrogens is 1050 g/mol. The monoisotopic (exact) mass is 1150 g/mol. The van der Waals surface area contributed by atoms with Crippen molar-refractivity contribution in [3.05, 3.63) is 83.5 Å². The molecule has 18 nitrogen and oxygen atoms in total. The highest BCUT2D eigenvalue weighted by Gasteiger charge is 2.47. The number of Topliss-reactive ketones (excluding diaryl/α,β-unsaturated/α-hetero) is 2. The van der Waals surface area contributed by atoms with Gasteiger partial charge in [-0.2, -0.15) is 0 Å². The predicted octanol–water partition coefficient (Wildman–Crippen LogP) is 7.44. The Labute approximate surface area is 487 Å². The van der Waals surface area contributed by atoms with Gasteiger partial charge in [-0.25, -0.2) is 4.79 Å². The maximum atomic E-state index is 14.2. The zero-order chi connectivity index (χ0) is 60.5. The molecule has 4 aliphatic rings. The van der Waals surface area contributed by atoms with Gasteiger partial charge in [0.15, 0.2) is 11.9 Å². The fourth-order valence-corrected chi connectivity index (χ4v) is 11.5. The summed E-state index contributed by atoms with van der Waals surface area (Å²) in [7, 11) is 1.55. The molecule has 4 heterocycles. The molecule has 0 bridgehead atoms. The van der Waals surface area contributed by atoms with Gasteiger partial charge < -0.3 is 44.1 Å². The van der Waals surface area contributed by atoms with E-state index in [4.69, 9.17) is 18.9 Å². The van der Waals surface area contributed by atoms with Crippen molar-refractivity contribution in [1.29, 1.82) is 0 Å². The van der Waals surface area contributed by atoms with Gasteiger partial charge in [0.2, 0.25) is 5.91 Å². The van der Waals surface area contributed by atoms with Crippen molar-refractivity contribution >= 4 is 41.4 Å². The smallest absolute Gasteiger partial charge is 0.410 e. The largest absolute Gasteiger partial charge is 0.457 e. The van der Waals surface area contributed by atoms with E-state index in [0.29, 0.717) is 70.4 Å². The second kappa shape index (κ2) is 31.0. The van der Waals surface area contributed by atoms with Crippen LogP contribution in [0.1, 0.15) is 151 Å². The molecule has 2 fully saturated rings. The van der Waals surface area contributed by atoms with Crippen LogP contribution in [0.4, 0.5) is 4.79 Å². The molecule has 456 valence electrons. The third-order valence-corrected chi connectivity index (χ3v) is 17.3. The van der Waals surface area contributed by atoms with Gasteiger partial charge in [-0.15, -0.1) is 0 Å². The van der Waals surface area contributed by atoms with Crippen LogP contribution in [0.15, 0.2) is 72.4 Å². The van der Waals surface area contributed by atoms with E-state index in [-0.39, 0.29) is 91.9 Å². The van der Waals surface area contributed by atoms with Gasteiger partial charge in [0.25, 0.3) is 11.8 Å². The second-order valence-electron chi connectivity index (χ2n) is 24.6. The minimum atomic E-state index is -1.20. The van der Waals surface area contributed by atoms with E-state index < -0.39 is 65.6 Å². The summed E-state index contributed by atoms with van der Waals surface area (Å²) in [6.07, 6.45) is 12.0. The van der Waals surface area contributed by atoms with Crippen LogP contribution in [0.25, 0.3) is 0 Å². The van der Waals surface area contributed by atoms with Crippen molar-refractivity contribution in [2.45, 2.75) is 207 Å². The number of benzene rings is 1. The Balaban J connectivity index is 1.15. The molecule has 0 spiro atoms. The quantitative estimate of drug-likeness (QED) is 0.0121. The third-order valence-electron chi connectivity index (χ3n) is 17.3. The molecule has 4 aliphatic heterocycles. The molecule has 0 unspecified atom stereocenters. The number of hydrogen-bond acceptors (Lipinski definition) is 14. The average molecular weight is 1150 g/mol. The molecule has 1 aromatic carbocycles. The van der Waals surface area contributed by atoms with E-state index in [0.717, 1.165) is 35.1 Å². The number of ether oxygens (including phenoxy) is 4. The number of ketones is 2. The minimum absolute atomic E-state index is 0.0401. The number of hydrogen-bond donors (Lipinski definition) is 4. The summed E-state index contributed by atoms with van der Waals surface area (Å²) in [5.74, 6) is -2.86. The maximum Gasteiger partial charge on any atom is 0.410 e. The zero-order valence-electron chi connectivity index (χ0n) is 50.8. The number of imide groups is 1.